The number of halogens is 6. The number of nitrogens with zero attached hydrogens (tertiary/aromatic N) is 1. The van der Waals surface area contributed by atoms with Crippen LogP contribution in [0.1, 0.15) is 52.0 Å². The van der Waals surface area contributed by atoms with Gasteiger partial charge in [-0.25, -0.2) is 0 Å². The molecule has 2 N–H and O–H groups in total. The number of amides is 3. The van der Waals surface area contributed by atoms with Crippen molar-refractivity contribution in [1.29, 1.82) is 0 Å². The van der Waals surface area contributed by atoms with Gasteiger partial charge in [0.25, 0.3) is 11.8 Å². The number of aldehydes is 1. The highest BCUT2D eigenvalue weighted by molar-refractivity contribution is 6.02. The Morgan fingerprint density at radius 2 is 1.82 bits per heavy atom. The van der Waals surface area contributed by atoms with Gasteiger partial charge in [-0.1, -0.05) is 0 Å². The number of carbonyl (C=O) groups is 4. The van der Waals surface area contributed by atoms with Crippen LogP contribution in [-0.4, -0.2) is 60.4 Å². The molecular formula is C21H21F6N3O4. The summed E-state index contributed by atoms with van der Waals surface area (Å²) < 4.78 is 80.2. The fraction of sp³-hybridized carbons (Fsp3) is 0.524. The summed E-state index contributed by atoms with van der Waals surface area (Å²) in [6.07, 6.45) is -11.5. The Morgan fingerprint density at radius 3 is 2.32 bits per heavy atom. The van der Waals surface area contributed by atoms with Crippen LogP contribution in [0.15, 0.2) is 18.2 Å². The van der Waals surface area contributed by atoms with Crippen LogP contribution >= 0.6 is 0 Å². The molecule has 34 heavy (non-hydrogen) atoms. The molecule has 7 nitrogen and oxygen atoms in total. The van der Waals surface area contributed by atoms with Crippen molar-refractivity contribution in [1.82, 2.24) is 15.5 Å². The molecule has 1 unspecified atom stereocenters. The first kappa shape index (κ1) is 25.5. The zero-order valence-electron chi connectivity index (χ0n) is 17.8. The average Bonchev–Trinajstić information content (AvgIpc) is 3.51. The lowest BCUT2D eigenvalue weighted by Gasteiger charge is -2.31. The summed E-state index contributed by atoms with van der Waals surface area (Å²) in [5, 5.41) is 3.87. The SMILES string of the molecule is CNC(=O)CCC(C=O)N1Cc2cc(C(=O)N[C@@H](C(F)(F)F)C3(C(F)(F)F)CC3)ccc2C1=O. The highest BCUT2D eigenvalue weighted by atomic mass is 19.4. The first-order chi connectivity index (χ1) is 15.7. The molecule has 0 bridgehead atoms. The summed E-state index contributed by atoms with van der Waals surface area (Å²) in [6.45, 7) is -0.151. The summed E-state index contributed by atoms with van der Waals surface area (Å²) >= 11 is 0. The van der Waals surface area contributed by atoms with Crippen molar-refractivity contribution in [3.8, 4) is 0 Å². The van der Waals surface area contributed by atoms with E-state index in [4.69, 9.17) is 0 Å². The van der Waals surface area contributed by atoms with Crippen molar-refractivity contribution < 1.29 is 45.5 Å². The standard InChI is InChI=1S/C21H21F6N3O4/c1-28-15(32)5-3-13(10-31)30-9-12-8-11(2-4-14(12)17(30)34)16(33)29-18(20(22,23)24)19(6-7-19)21(25,26)27/h2,4,8,10,13,18H,3,5-7,9H2,1H3,(H,28,32)(H,29,33)/t13?,18-/m1/s1. The zero-order chi connectivity index (χ0) is 25.5. The minimum atomic E-state index is -5.33. The number of hydrogen-bond donors (Lipinski definition) is 2. The summed E-state index contributed by atoms with van der Waals surface area (Å²) in [5.74, 6) is -2.28. The van der Waals surface area contributed by atoms with E-state index in [1.165, 1.54) is 18.4 Å². The van der Waals surface area contributed by atoms with E-state index in [0.717, 1.165) is 17.0 Å². The van der Waals surface area contributed by atoms with Crippen LogP contribution in [0.4, 0.5) is 26.3 Å². The average molecular weight is 493 g/mol. The van der Waals surface area contributed by atoms with Gasteiger partial charge in [-0.3, -0.25) is 14.4 Å². The first-order valence-electron chi connectivity index (χ1n) is 10.3. The largest absolute Gasteiger partial charge is 0.409 e. The zero-order valence-corrected chi connectivity index (χ0v) is 17.8. The lowest BCUT2D eigenvalue weighted by molar-refractivity contribution is -0.245. The number of benzene rings is 1. The highest BCUT2D eigenvalue weighted by Gasteiger charge is 2.73. The van der Waals surface area contributed by atoms with Gasteiger partial charge in [0.15, 0.2) is 0 Å². The molecule has 3 amide bonds. The molecule has 2 atom stereocenters. The van der Waals surface area contributed by atoms with Gasteiger partial charge < -0.3 is 20.3 Å². The molecule has 1 saturated carbocycles. The van der Waals surface area contributed by atoms with Crippen molar-refractivity contribution >= 4 is 24.0 Å². The number of alkyl halides is 6. The van der Waals surface area contributed by atoms with Gasteiger partial charge in [0, 0.05) is 31.1 Å². The van der Waals surface area contributed by atoms with Crippen molar-refractivity contribution in [2.24, 2.45) is 5.41 Å². The van der Waals surface area contributed by atoms with Crippen LogP contribution in [0, 0.1) is 5.41 Å². The van der Waals surface area contributed by atoms with Crippen molar-refractivity contribution in [2.45, 2.75) is 56.7 Å². The molecule has 1 aromatic rings. The van der Waals surface area contributed by atoms with Gasteiger partial charge >= 0.3 is 12.4 Å². The molecule has 0 saturated heterocycles. The third kappa shape index (κ3) is 4.73. The smallest absolute Gasteiger partial charge is 0.359 e. The molecule has 13 heteroatoms. The van der Waals surface area contributed by atoms with Crippen molar-refractivity contribution in [2.75, 3.05) is 7.05 Å². The molecule has 1 fully saturated rings. The Hall–Kier alpha value is -3.12. The lowest BCUT2D eigenvalue weighted by atomic mass is 9.94. The molecule has 1 heterocycles. The lowest BCUT2D eigenvalue weighted by Crippen LogP contribution is -2.55. The van der Waals surface area contributed by atoms with Crippen LogP contribution in [0.2, 0.25) is 0 Å². The van der Waals surface area contributed by atoms with Crippen molar-refractivity contribution in [3.63, 3.8) is 0 Å². The summed E-state index contributed by atoms with van der Waals surface area (Å²) in [4.78, 5) is 49.2. The second-order valence-electron chi connectivity index (χ2n) is 8.32. The normalized spacial score (nSPS) is 18.7. The number of hydrogen-bond acceptors (Lipinski definition) is 4. The summed E-state index contributed by atoms with van der Waals surface area (Å²) in [7, 11) is 1.41. The monoisotopic (exact) mass is 493 g/mol. The molecule has 2 aliphatic rings. The molecule has 0 aromatic heterocycles. The van der Waals surface area contributed by atoms with E-state index >= 15 is 0 Å². The van der Waals surface area contributed by atoms with Crippen LogP contribution < -0.4 is 10.6 Å². The van der Waals surface area contributed by atoms with Gasteiger partial charge in [0.05, 0.1) is 11.5 Å². The number of carbonyl (C=O) groups excluding carboxylic acids is 4. The molecule has 186 valence electrons. The van der Waals surface area contributed by atoms with Crippen LogP contribution in [-0.2, 0) is 16.1 Å². The van der Waals surface area contributed by atoms with Gasteiger partial charge in [-0.05, 0) is 43.0 Å². The van der Waals surface area contributed by atoms with Gasteiger partial charge in [-0.15, -0.1) is 0 Å². The minimum absolute atomic E-state index is 0.0308. The molecule has 1 aliphatic carbocycles. The fourth-order valence-electron chi connectivity index (χ4n) is 4.07. The summed E-state index contributed by atoms with van der Waals surface area (Å²) in [5.41, 5.74) is -3.09. The van der Waals surface area contributed by atoms with E-state index in [-0.39, 0.29) is 42.0 Å². The van der Waals surface area contributed by atoms with Gasteiger partial charge in [0.1, 0.15) is 12.3 Å². The fourth-order valence-corrected chi connectivity index (χ4v) is 4.07. The summed E-state index contributed by atoms with van der Waals surface area (Å²) in [6, 6.07) is -0.735. The molecule has 0 radical (unpaired) electrons. The van der Waals surface area contributed by atoms with Crippen LogP contribution in [0.3, 0.4) is 0 Å². The Labute approximate surface area is 189 Å². The predicted molar refractivity (Wildman–Crippen MR) is 104 cm³/mol. The van der Waals surface area contributed by atoms with E-state index in [1.807, 2.05) is 0 Å². The van der Waals surface area contributed by atoms with Crippen LogP contribution in [0.25, 0.3) is 0 Å². The number of fused-ring (bicyclic) bond motifs is 1. The maximum Gasteiger partial charge on any atom is 0.409 e. The quantitative estimate of drug-likeness (QED) is 0.430. The third-order valence-corrected chi connectivity index (χ3v) is 6.21. The first-order valence-corrected chi connectivity index (χ1v) is 10.3. The number of nitrogens with one attached hydrogen (secondary N) is 2. The maximum absolute atomic E-state index is 13.4. The highest BCUT2D eigenvalue weighted by Crippen LogP contribution is 2.62. The topological polar surface area (TPSA) is 95.6 Å². The Morgan fingerprint density at radius 1 is 1.18 bits per heavy atom. The molecule has 1 aromatic carbocycles. The number of rotatable bonds is 8. The van der Waals surface area contributed by atoms with E-state index in [9.17, 15) is 45.5 Å². The van der Waals surface area contributed by atoms with Gasteiger partial charge in [-0.2, -0.15) is 26.3 Å². The maximum atomic E-state index is 13.4. The Kier molecular flexibility index (Phi) is 6.68. The minimum Gasteiger partial charge on any atom is -0.359 e. The van der Waals surface area contributed by atoms with E-state index in [1.54, 1.807) is 0 Å². The Bertz CT molecular complexity index is 1000. The molecular weight excluding hydrogens is 472 g/mol. The second kappa shape index (κ2) is 8.91. The van der Waals surface area contributed by atoms with Crippen LogP contribution in [0.5, 0.6) is 0 Å². The van der Waals surface area contributed by atoms with Crippen molar-refractivity contribution in [3.05, 3.63) is 34.9 Å². The van der Waals surface area contributed by atoms with E-state index in [0.29, 0.717) is 6.29 Å². The Balaban J connectivity index is 1.79. The van der Waals surface area contributed by atoms with Gasteiger partial charge in [0.2, 0.25) is 5.91 Å². The molecule has 3 rings (SSSR count). The third-order valence-electron chi connectivity index (χ3n) is 6.21. The second-order valence-corrected chi connectivity index (χ2v) is 8.32. The van der Waals surface area contributed by atoms with E-state index in [2.05, 4.69) is 5.32 Å². The molecule has 0 spiro atoms. The predicted octanol–water partition coefficient (Wildman–Crippen LogP) is 2.74. The van der Waals surface area contributed by atoms with E-state index < -0.39 is 54.5 Å². The molecule has 1 aliphatic heterocycles.